The molecule has 0 saturated carbocycles. The summed E-state index contributed by atoms with van der Waals surface area (Å²) in [6.45, 7) is 3.34. The zero-order chi connectivity index (χ0) is 12.7. The second kappa shape index (κ2) is 6.91. The topological polar surface area (TPSA) is 41.1 Å². The van der Waals surface area contributed by atoms with E-state index in [1.165, 1.54) is 0 Å². The summed E-state index contributed by atoms with van der Waals surface area (Å²) in [7, 11) is 0. The van der Waals surface area contributed by atoms with Gasteiger partial charge in [0, 0.05) is 23.7 Å². The second-order valence-electron chi connectivity index (χ2n) is 3.48. The molecule has 92 valence electrons. The van der Waals surface area contributed by atoms with Gasteiger partial charge in [0.25, 0.3) is 0 Å². The van der Waals surface area contributed by atoms with Crippen LogP contribution in [-0.4, -0.2) is 12.7 Å². The van der Waals surface area contributed by atoms with Crippen LogP contribution < -0.4 is 10.6 Å². The quantitative estimate of drug-likeness (QED) is 0.835. The van der Waals surface area contributed by atoms with E-state index in [0.29, 0.717) is 17.3 Å². The van der Waals surface area contributed by atoms with Crippen molar-refractivity contribution in [1.29, 1.82) is 0 Å². The number of alkyl halides is 1. The number of benzene rings is 1. The summed E-state index contributed by atoms with van der Waals surface area (Å²) >= 11 is 5.80. The number of carbonyl (C=O) groups excluding carboxylic acids is 1. The van der Waals surface area contributed by atoms with Crippen molar-refractivity contribution in [3.05, 3.63) is 47.1 Å². The Labute approximate surface area is 105 Å². The molecule has 5 heteroatoms. The average molecular weight is 257 g/mol. The van der Waals surface area contributed by atoms with Crippen LogP contribution in [0.5, 0.6) is 0 Å². The molecule has 3 nitrogen and oxygen atoms in total. The van der Waals surface area contributed by atoms with Crippen molar-refractivity contribution < 1.29 is 9.18 Å². The molecule has 0 spiro atoms. The minimum atomic E-state index is -0.534. The van der Waals surface area contributed by atoms with Gasteiger partial charge in [-0.1, -0.05) is 30.3 Å². The standard InChI is InChI=1S/C12H14ClFN2O/c1-9(5-6-14)16-12(17)15-8-10-3-2-4-11(13)7-10/h2-4,7H,1,5-6,8H2,(H2,15,16,17). The first-order chi connectivity index (χ1) is 8.11. The van der Waals surface area contributed by atoms with Crippen LogP contribution in [0.4, 0.5) is 9.18 Å². The van der Waals surface area contributed by atoms with Crippen LogP contribution in [0.25, 0.3) is 0 Å². The first-order valence-electron chi connectivity index (χ1n) is 5.15. The average Bonchev–Trinajstić information content (AvgIpc) is 2.27. The zero-order valence-corrected chi connectivity index (χ0v) is 10.1. The first kappa shape index (κ1) is 13.5. The van der Waals surface area contributed by atoms with Crippen LogP contribution in [0.3, 0.4) is 0 Å². The highest BCUT2D eigenvalue weighted by Gasteiger charge is 2.02. The molecule has 1 aromatic rings. The molecule has 0 aliphatic rings. The Morgan fingerprint density at radius 1 is 1.47 bits per heavy atom. The zero-order valence-electron chi connectivity index (χ0n) is 9.30. The third-order valence-corrected chi connectivity index (χ3v) is 2.26. The highest BCUT2D eigenvalue weighted by Crippen LogP contribution is 2.10. The fourth-order valence-corrected chi connectivity index (χ4v) is 1.42. The molecule has 0 aliphatic heterocycles. The summed E-state index contributed by atoms with van der Waals surface area (Å²) in [6, 6.07) is 6.78. The first-order valence-corrected chi connectivity index (χ1v) is 5.52. The van der Waals surface area contributed by atoms with E-state index in [2.05, 4.69) is 17.2 Å². The molecule has 17 heavy (non-hydrogen) atoms. The minimum Gasteiger partial charge on any atom is -0.334 e. The molecule has 0 heterocycles. The molecular formula is C12H14ClFN2O. The molecule has 0 fully saturated rings. The molecule has 0 atom stereocenters. The molecular weight excluding hydrogens is 243 g/mol. The van der Waals surface area contributed by atoms with Crippen LogP contribution in [-0.2, 0) is 6.54 Å². The number of nitrogens with one attached hydrogen (secondary N) is 2. The Balaban J connectivity index is 2.35. The lowest BCUT2D eigenvalue weighted by atomic mass is 10.2. The third-order valence-electron chi connectivity index (χ3n) is 2.03. The maximum absolute atomic E-state index is 11.9. The fraction of sp³-hybridized carbons (Fsp3) is 0.250. The van der Waals surface area contributed by atoms with Gasteiger partial charge < -0.3 is 10.6 Å². The Bertz CT molecular complexity index is 409. The number of carbonyl (C=O) groups is 1. The van der Waals surface area contributed by atoms with Crippen LogP contribution in [0.15, 0.2) is 36.5 Å². The summed E-state index contributed by atoms with van der Waals surface area (Å²) in [4.78, 5) is 11.3. The maximum atomic E-state index is 11.9. The number of halogens is 2. The molecule has 1 aromatic carbocycles. The lowest BCUT2D eigenvalue weighted by Gasteiger charge is -2.08. The van der Waals surface area contributed by atoms with Crippen molar-refractivity contribution in [1.82, 2.24) is 10.6 Å². The maximum Gasteiger partial charge on any atom is 0.319 e. The van der Waals surface area contributed by atoms with Gasteiger partial charge in [-0.05, 0) is 17.7 Å². The van der Waals surface area contributed by atoms with Crippen molar-refractivity contribution in [2.45, 2.75) is 13.0 Å². The lowest BCUT2D eigenvalue weighted by molar-refractivity contribution is 0.242. The van der Waals surface area contributed by atoms with Crippen LogP contribution in [0, 0.1) is 0 Å². The third kappa shape index (κ3) is 5.36. The number of hydrogen-bond acceptors (Lipinski definition) is 1. The molecule has 0 unspecified atom stereocenters. The summed E-state index contributed by atoms with van der Waals surface area (Å²) in [5, 5.41) is 5.69. The highest BCUT2D eigenvalue weighted by atomic mass is 35.5. The van der Waals surface area contributed by atoms with Gasteiger partial charge in [0.05, 0.1) is 6.67 Å². The number of urea groups is 1. The summed E-state index contributed by atoms with van der Waals surface area (Å²) < 4.78 is 11.9. The molecule has 1 rings (SSSR count). The number of amides is 2. The molecule has 0 bridgehead atoms. The Morgan fingerprint density at radius 2 is 2.24 bits per heavy atom. The SMILES string of the molecule is C=C(CCF)NC(=O)NCc1cccc(Cl)c1. The fourth-order valence-electron chi connectivity index (χ4n) is 1.21. The van der Waals surface area contributed by atoms with Crippen LogP contribution >= 0.6 is 11.6 Å². The van der Waals surface area contributed by atoms with Gasteiger partial charge in [0.15, 0.2) is 0 Å². The van der Waals surface area contributed by atoms with Crippen molar-refractivity contribution in [3.63, 3.8) is 0 Å². The van der Waals surface area contributed by atoms with E-state index in [1.807, 2.05) is 6.07 Å². The summed E-state index contributed by atoms with van der Waals surface area (Å²) in [5.41, 5.74) is 1.25. The highest BCUT2D eigenvalue weighted by molar-refractivity contribution is 6.30. The summed E-state index contributed by atoms with van der Waals surface area (Å²) in [5.74, 6) is 0. The molecule has 0 aromatic heterocycles. The number of allylic oxidation sites excluding steroid dienone is 1. The lowest BCUT2D eigenvalue weighted by Crippen LogP contribution is -2.34. The van der Waals surface area contributed by atoms with Crippen molar-refractivity contribution in [2.75, 3.05) is 6.67 Å². The van der Waals surface area contributed by atoms with E-state index in [0.717, 1.165) is 5.56 Å². The molecule has 0 saturated heterocycles. The molecule has 0 radical (unpaired) electrons. The van der Waals surface area contributed by atoms with Crippen LogP contribution in [0.2, 0.25) is 5.02 Å². The van der Waals surface area contributed by atoms with Gasteiger partial charge >= 0.3 is 6.03 Å². The van der Waals surface area contributed by atoms with Crippen molar-refractivity contribution in [3.8, 4) is 0 Å². The Hall–Kier alpha value is -1.55. The predicted molar refractivity (Wildman–Crippen MR) is 66.6 cm³/mol. The van der Waals surface area contributed by atoms with Gasteiger partial charge in [0.1, 0.15) is 0 Å². The van der Waals surface area contributed by atoms with Gasteiger partial charge in [-0.3, -0.25) is 4.39 Å². The van der Waals surface area contributed by atoms with Crippen molar-refractivity contribution >= 4 is 17.6 Å². The minimum absolute atomic E-state index is 0.130. The molecule has 2 N–H and O–H groups in total. The number of rotatable bonds is 5. The van der Waals surface area contributed by atoms with E-state index in [-0.39, 0.29) is 6.42 Å². The monoisotopic (exact) mass is 256 g/mol. The molecule has 2 amide bonds. The van der Waals surface area contributed by atoms with E-state index in [9.17, 15) is 9.18 Å². The number of hydrogen-bond donors (Lipinski definition) is 2. The predicted octanol–water partition coefficient (Wildman–Crippen LogP) is 3.01. The molecule has 0 aliphatic carbocycles. The Kier molecular flexibility index (Phi) is 5.49. The largest absolute Gasteiger partial charge is 0.334 e. The van der Waals surface area contributed by atoms with Crippen LogP contribution in [0.1, 0.15) is 12.0 Å². The van der Waals surface area contributed by atoms with E-state index in [4.69, 9.17) is 11.6 Å². The second-order valence-corrected chi connectivity index (χ2v) is 3.92. The van der Waals surface area contributed by atoms with Gasteiger partial charge in [-0.25, -0.2) is 4.79 Å². The van der Waals surface area contributed by atoms with Gasteiger partial charge in [-0.15, -0.1) is 0 Å². The summed E-state index contributed by atoms with van der Waals surface area (Å²) in [6.07, 6.45) is 0.130. The normalized spacial score (nSPS) is 9.76. The van der Waals surface area contributed by atoms with E-state index < -0.39 is 12.7 Å². The van der Waals surface area contributed by atoms with E-state index >= 15 is 0 Å². The van der Waals surface area contributed by atoms with E-state index in [1.54, 1.807) is 18.2 Å². The Morgan fingerprint density at radius 3 is 2.88 bits per heavy atom. The van der Waals surface area contributed by atoms with Gasteiger partial charge in [0.2, 0.25) is 0 Å². The smallest absolute Gasteiger partial charge is 0.319 e. The van der Waals surface area contributed by atoms with Crippen molar-refractivity contribution in [2.24, 2.45) is 0 Å². The van der Waals surface area contributed by atoms with Gasteiger partial charge in [-0.2, -0.15) is 0 Å².